The summed E-state index contributed by atoms with van der Waals surface area (Å²) < 4.78 is 88.3. The van der Waals surface area contributed by atoms with Crippen LogP contribution in [-0.4, -0.2) is 37.2 Å². The van der Waals surface area contributed by atoms with Gasteiger partial charge in [-0.1, -0.05) is 0 Å². The Kier molecular flexibility index (Phi) is 3.77. The first-order valence-electron chi connectivity index (χ1n) is 6.24. The van der Waals surface area contributed by atoms with E-state index in [4.69, 9.17) is 4.55 Å². The van der Waals surface area contributed by atoms with E-state index in [1.807, 2.05) is 0 Å². The quantitative estimate of drug-likeness (QED) is 0.483. The van der Waals surface area contributed by atoms with Gasteiger partial charge in [0, 0.05) is 5.92 Å². The molecule has 0 aromatic carbocycles. The fourth-order valence-electron chi connectivity index (χ4n) is 3.55. The maximum atomic E-state index is 13.9. The molecule has 0 spiro atoms. The Bertz CT molecular complexity index is 547. The number of rotatable bonds is 4. The molecule has 0 heterocycles. The van der Waals surface area contributed by atoms with Crippen molar-refractivity contribution >= 4 is 16.1 Å². The fraction of sp³-hybridized carbons (Fsp3) is 0.909. The summed E-state index contributed by atoms with van der Waals surface area (Å²) >= 11 is 0. The minimum absolute atomic E-state index is 0.0425. The molecule has 0 aliphatic heterocycles. The molecule has 0 amide bonds. The van der Waals surface area contributed by atoms with Crippen molar-refractivity contribution in [2.24, 2.45) is 23.7 Å². The van der Waals surface area contributed by atoms with Crippen LogP contribution in [0.5, 0.6) is 0 Å². The highest BCUT2D eigenvalue weighted by molar-refractivity contribution is 7.87. The molecule has 4 atom stereocenters. The van der Waals surface area contributed by atoms with Gasteiger partial charge in [-0.25, -0.2) is 0 Å². The summed E-state index contributed by atoms with van der Waals surface area (Å²) in [5.74, 6) is -9.41. The van der Waals surface area contributed by atoms with Crippen molar-refractivity contribution < 1.29 is 40.1 Å². The van der Waals surface area contributed by atoms with Crippen molar-refractivity contribution in [3.63, 3.8) is 0 Å². The largest absolute Gasteiger partial charge is 0.469 e. The summed E-state index contributed by atoms with van der Waals surface area (Å²) in [6.07, 6.45) is -0.302. The molecule has 21 heavy (non-hydrogen) atoms. The van der Waals surface area contributed by atoms with Gasteiger partial charge in [0.25, 0.3) is 0 Å². The second-order valence-corrected chi connectivity index (χ2v) is 7.04. The second-order valence-electron chi connectivity index (χ2n) is 5.58. The molecule has 2 saturated carbocycles. The lowest BCUT2D eigenvalue weighted by atomic mass is 9.79. The van der Waals surface area contributed by atoms with Gasteiger partial charge in [-0.2, -0.15) is 26.0 Å². The van der Waals surface area contributed by atoms with Crippen molar-refractivity contribution in [2.45, 2.75) is 30.4 Å². The Balaban J connectivity index is 2.22. The van der Waals surface area contributed by atoms with Crippen LogP contribution in [0, 0.1) is 23.7 Å². The Hall–Kier alpha value is -0.900. The fourth-order valence-corrected chi connectivity index (χ4v) is 4.04. The minimum Gasteiger partial charge on any atom is -0.469 e. The van der Waals surface area contributed by atoms with Gasteiger partial charge in [0.05, 0.1) is 13.0 Å². The van der Waals surface area contributed by atoms with E-state index < -0.39 is 57.4 Å². The molecule has 4 unspecified atom stereocenters. The molecule has 0 saturated heterocycles. The highest BCUT2D eigenvalue weighted by Gasteiger charge is 2.72. The summed E-state index contributed by atoms with van der Waals surface area (Å²) in [4.78, 5) is 11.4. The molecule has 2 bridgehead atoms. The molecular weight excluding hydrogens is 320 g/mol. The molecular formula is C11H14F4O5S. The van der Waals surface area contributed by atoms with E-state index in [2.05, 4.69) is 4.74 Å². The summed E-state index contributed by atoms with van der Waals surface area (Å²) in [5, 5.41) is -5.55. The number of carbonyl (C=O) groups excluding carboxylic acids is 1. The van der Waals surface area contributed by atoms with Gasteiger partial charge in [-0.15, -0.1) is 0 Å². The first kappa shape index (κ1) is 16.5. The number of fused-ring (bicyclic) bond motifs is 2. The highest BCUT2D eigenvalue weighted by Crippen LogP contribution is 2.60. The number of alkyl halides is 4. The zero-order valence-corrected chi connectivity index (χ0v) is 11.7. The van der Waals surface area contributed by atoms with Gasteiger partial charge in [-0.05, 0) is 31.1 Å². The zero-order chi connectivity index (χ0) is 16.2. The van der Waals surface area contributed by atoms with E-state index in [-0.39, 0.29) is 12.8 Å². The topological polar surface area (TPSA) is 80.7 Å². The summed E-state index contributed by atoms with van der Waals surface area (Å²) in [5.41, 5.74) is 0. The molecule has 2 fully saturated rings. The van der Waals surface area contributed by atoms with Crippen molar-refractivity contribution in [1.29, 1.82) is 0 Å². The third-order valence-corrected chi connectivity index (χ3v) is 5.46. The molecule has 2 aliphatic carbocycles. The maximum Gasteiger partial charge on any atom is 0.431 e. The van der Waals surface area contributed by atoms with Crippen LogP contribution in [0.1, 0.15) is 19.3 Å². The van der Waals surface area contributed by atoms with Crippen LogP contribution < -0.4 is 0 Å². The van der Waals surface area contributed by atoms with Gasteiger partial charge < -0.3 is 4.74 Å². The summed E-state index contributed by atoms with van der Waals surface area (Å²) in [6, 6.07) is 0. The number of hydrogen-bond donors (Lipinski definition) is 1. The molecule has 2 aliphatic rings. The van der Waals surface area contributed by atoms with Gasteiger partial charge >= 0.3 is 27.3 Å². The van der Waals surface area contributed by atoms with E-state index in [0.717, 1.165) is 7.11 Å². The Morgan fingerprint density at radius 2 is 1.71 bits per heavy atom. The van der Waals surface area contributed by atoms with Gasteiger partial charge in [0.2, 0.25) is 0 Å². The molecule has 5 nitrogen and oxygen atoms in total. The number of carbonyl (C=O) groups is 1. The van der Waals surface area contributed by atoms with Crippen LogP contribution in [0.4, 0.5) is 17.6 Å². The van der Waals surface area contributed by atoms with Crippen LogP contribution >= 0.6 is 0 Å². The van der Waals surface area contributed by atoms with E-state index in [9.17, 15) is 30.8 Å². The van der Waals surface area contributed by atoms with Crippen molar-refractivity contribution in [1.82, 2.24) is 0 Å². The van der Waals surface area contributed by atoms with Crippen LogP contribution in [0.3, 0.4) is 0 Å². The van der Waals surface area contributed by atoms with E-state index >= 15 is 0 Å². The third kappa shape index (κ3) is 2.32. The number of methoxy groups -OCH3 is 1. The molecule has 1 N–H and O–H groups in total. The lowest BCUT2D eigenvalue weighted by Gasteiger charge is -2.35. The highest BCUT2D eigenvalue weighted by atomic mass is 32.2. The normalized spacial score (nSPS) is 33.2. The number of hydrogen-bond acceptors (Lipinski definition) is 4. The summed E-state index contributed by atoms with van der Waals surface area (Å²) in [7, 11) is -5.08. The molecule has 10 heteroatoms. The second kappa shape index (κ2) is 4.80. The first-order valence-corrected chi connectivity index (χ1v) is 7.68. The molecule has 2 rings (SSSR count). The third-order valence-electron chi connectivity index (χ3n) is 4.54. The predicted molar refractivity (Wildman–Crippen MR) is 61.3 cm³/mol. The van der Waals surface area contributed by atoms with Crippen LogP contribution in [0.25, 0.3) is 0 Å². The van der Waals surface area contributed by atoms with Crippen molar-refractivity contribution in [3.05, 3.63) is 0 Å². The Morgan fingerprint density at radius 3 is 2.10 bits per heavy atom. The van der Waals surface area contributed by atoms with E-state index in [1.165, 1.54) is 0 Å². The van der Waals surface area contributed by atoms with Crippen LogP contribution in [0.2, 0.25) is 0 Å². The minimum atomic E-state index is -6.22. The van der Waals surface area contributed by atoms with Gasteiger partial charge in [-0.3, -0.25) is 9.35 Å². The predicted octanol–water partition coefficient (Wildman–Crippen LogP) is 1.94. The van der Waals surface area contributed by atoms with Crippen molar-refractivity contribution in [3.8, 4) is 0 Å². The van der Waals surface area contributed by atoms with E-state index in [1.54, 1.807) is 0 Å². The SMILES string of the molecule is COC(=O)C1CC2CC1CC2C(F)(F)C(F)(F)S(=O)(=O)O. The smallest absolute Gasteiger partial charge is 0.431 e. The lowest BCUT2D eigenvalue weighted by molar-refractivity contribution is -0.204. The van der Waals surface area contributed by atoms with Crippen LogP contribution in [0.15, 0.2) is 0 Å². The van der Waals surface area contributed by atoms with E-state index in [0.29, 0.717) is 0 Å². The molecule has 122 valence electrons. The van der Waals surface area contributed by atoms with Gasteiger partial charge in [0.15, 0.2) is 0 Å². The monoisotopic (exact) mass is 334 g/mol. The standard InChI is InChI=1S/C11H14F4O5S/c1-20-9(16)7-3-6-2-5(7)4-8(6)10(12,13)11(14,15)21(17,18)19/h5-8H,2-4H2,1H3,(H,17,18,19). The Labute approximate surface area is 118 Å². The molecule has 0 radical (unpaired) electrons. The zero-order valence-electron chi connectivity index (χ0n) is 10.9. The average Bonchev–Trinajstić information content (AvgIpc) is 2.95. The van der Waals surface area contributed by atoms with Crippen LogP contribution in [-0.2, 0) is 19.6 Å². The maximum absolute atomic E-state index is 13.9. The summed E-state index contributed by atoms with van der Waals surface area (Å²) in [6.45, 7) is 0. The van der Waals surface area contributed by atoms with Crippen molar-refractivity contribution in [2.75, 3.05) is 7.11 Å². The number of esters is 1. The number of ether oxygens (including phenoxy) is 1. The average molecular weight is 334 g/mol. The van der Waals surface area contributed by atoms with Gasteiger partial charge in [0.1, 0.15) is 0 Å². The molecule has 0 aromatic heterocycles. The first-order chi connectivity index (χ1) is 9.43. The lowest BCUT2D eigenvalue weighted by Crippen LogP contribution is -2.53. The Morgan fingerprint density at radius 1 is 1.14 bits per heavy atom. The molecule has 0 aromatic rings. The number of halogens is 4.